The van der Waals surface area contributed by atoms with Gasteiger partial charge in [0.25, 0.3) is 11.5 Å². The molecule has 0 spiro atoms. The average Bonchev–Trinajstić information content (AvgIpc) is 3.18. The summed E-state index contributed by atoms with van der Waals surface area (Å²) in [6.45, 7) is 8.62. The van der Waals surface area contributed by atoms with E-state index in [0.29, 0.717) is 44.6 Å². The Morgan fingerprint density at radius 2 is 1.68 bits per heavy atom. The summed E-state index contributed by atoms with van der Waals surface area (Å²) in [7, 11) is 0. The van der Waals surface area contributed by atoms with Crippen LogP contribution in [0, 0.1) is 18.8 Å². The maximum atomic E-state index is 13.8. The van der Waals surface area contributed by atoms with Crippen molar-refractivity contribution in [1.29, 1.82) is 0 Å². The number of carbonyl (C=O) groups is 2. The lowest BCUT2D eigenvalue weighted by molar-refractivity contribution is -0.137. The van der Waals surface area contributed by atoms with Gasteiger partial charge in [-0.2, -0.15) is 0 Å². The minimum Gasteiger partial charge on any atom is -0.481 e. The molecule has 0 bridgehead atoms. The summed E-state index contributed by atoms with van der Waals surface area (Å²) < 4.78 is 2.11. The number of thioether (sulfide) groups is 1. The molecule has 0 radical (unpaired) electrons. The van der Waals surface area contributed by atoms with Crippen LogP contribution >= 0.6 is 24.0 Å². The Morgan fingerprint density at radius 1 is 1.05 bits per heavy atom. The Hall–Kier alpha value is -2.72. The van der Waals surface area contributed by atoms with Gasteiger partial charge < -0.3 is 10.0 Å². The fraction of sp³-hybridized carbons (Fsp3) is 0.581. The van der Waals surface area contributed by atoms with E-state index >= 15 is 0 Å². The van der Waals surface area contributed by atoms with Gasteiger partial charge >= 0.3 is 5.97 Å². The summed E-state index contributed by atoms with van der Waals surface area (Å²) in [5.41, 5.74) is 1.84. The van der Waals surface area contributed by atoms with E-state index in [4.69, 9.17) is 22.3 Å². The first-order valence-corrected chi connectivity index (χ1v) is 16.1. The summed E-state index contributed by atoms with van der Waals surface area (Å²) in [4.78, 5) is 47.1. The number of carbonyl (C=O) groups excluding carboxylic acids is 1. The minimum atomic E-state index is -0.724. The summed E-state index contributed by atoms with van der Waals surface area (Å²) in [5.74, 6) is 0.752. The highest BCUT2D eigenvalue weighted by Gasteiger charge is 2.33. The number of thiocarbonyl (C=S) groups is 1. The Kier molecular flexibility index (Phi) is 11.0. The van der Waals surface area contributed by atoms with Crippen LogP contribution in [0.1, 0.15) is 89.2 Å². The van der Waals surface area contributed by atoms with Crippen LogP contribution in [0.15, 0.2) is 28.0 Å². The second kappa shape index (κ2) is 14.4. The molecule has 2 aliphatic rings. The number of hydrogen-bond donors (Lipinski definition) is 1. The van der Waals surface area contributed by atoms with Crippen molar-refractivity contribution in [1.82, 2.24) is 14.3 Å². The number of rotatable bonds is 13. The maximum absolute atomic E-state index is 13.8. The van der Waals surface area contributed by atoms with Gasteiger partial charge in [0.05, 0.1) is 10.5 Å². The average molecular weight is 599 g/mol. The molecule has 0 aromatic carbocycles. The number of unbranched alkanes of at least 4 members (excludes halogenated alkanes) is 7. The van der Waals surface area contributed by atoms with Gasteiger partial charge in [0.1, 0.15) is 15.8 Å². The lowest BCUT2D eigenvalue weighted by atomic mass is 9.91. The first kappa shape index (κ1) is 31.2. The number of fused-ring (bicyclic) bond motifs is 1. The van der Waals surface area contributed by atoms with E-state index < -0.39 is 5.97 Å². The number of nitrogens with zero attached hydrogens (tertiary/aromatic N) is 4. The topological polar surface area (TPSA) is 95.2 Å². The molecule has 2 aromatic heterocycles. The van der Waals surface area contributed by atoms with Crippen molar-refractivity contribution < 1.29 is 14.7 Å². The molecule has 0 saturated carbocycles. The third kappa shape index (κ3) is 8.19. The number of aliphatic carboxylic acids is 1. The zero-order chi connectivity index (χ0) is 29.5. The Bertz CT molecular complexity index is 1360. The second-order valence-corrected chi connectivity index (χ2v) is 13.4. The number of hydrogen-bond acceptors (Lipinski definition) is 7. The summed E-state index contributed by atoms with van der Waals surface area (Å²) in [6.07, 6.45) is 12.9. The Balaban J connectivity index is 1.44. The molecular weight excluding hydrogens is 556 g/mol. The summed E-state index contributed by atoms with van der Waals surface area (Å²) >= 11 is 6.85. The SMILES string of the molecule is Cc1ccc2nc(N3CC(C)CC(C)C3)c(/C=C3/SC(=S)N(CCCCCCCCCCC(=O)O)C3=O)c(=O)n2c1. The van der Waals surface area contributed by atoms with Crippen LogP contribution in [0.2, 0.25) is 0 Å². The van der Waals surface area contributed by atoms with Gasteiger partial charge in [-0.05, 0) is 55.7 Å². The molecule has 222 valence electrons. The first-order chi connectivity index (χ1) is 19.6. The smallest absolute Gasteiger partial charge is 0.303 e. The molecule has 0 aliphatic carbocycles. The Morgan fingerprint density at radius 3 is 2.34 bits per heavy atom. The molecule has 10 heteroatoms. The lowest BCUT2D eigenvalue weighted by Crippen LogP contribution is -2.40. The highest BCUT2D eigenvalue weighted by Crippen LogP contribution is 2.35. The van der Waals surface area contributed by atoms with Crippen molar-refractivity contribution in [2.75, 3.05) is 24.5 Å². The normalized spacial score (nSPS) is 20.5. The van der Waals surface area contributed by atoms with Crippen molar-refractivity contribution in [3.63, 3.8) is 0 Å². The molecule has 2 atom stereocenters. The van der Waals surface area contributed by atoms with Crippen molar-refractivity contribution in [3.05, 3.63) is 44.7 Å². The van der Waals surface area contributed by atoms with Crippen molar-refractivity contribution in [2.24, 2.45) is 11.8 Å². The molecule has 2 saturated heterocycles. The number of aryl methyl sites for hydroxylation is 1. The van der Waals surface area contributed by atoms with Crippen LogP contribution in [0.25, 0.3) is 11.7 Å². The molecular formula is C31H42N4O4S2. The number of pyridine rings is 1. The fourth-order valence-corrected chi connectivity index (χ4v) is 7.17. The van der Waals surface area contributed by atoms with Crippen LogP contribution in [0.5, 0.6) is 0 Å². The molecule has 2 fully saturated rings. The van der Waals surface area contributed by atoms with Gasteiger partial charge in [-0.1, -0.05) is 82.4 Å². The fourth-order valence-electron chi connectivity index (χ4n) is 5.88. The standard InChI is InChI=1S/C31H42N4O4S2/c1-21-13-14-26-32-28(33-18-22(2)16-23(3)19-33)24(29(38)35(26)20-21)17-25-30(39)34(31(40)41-25)15-11-9-7-5-4-6-8-10-12-27(36)37/h13-14,17,20,22-23H,4-12,15-16,18-19H2,1-3H3,(H,36,37)/b25-17+. The van der Waals surface area contributed by atoms with E-state index in [1.54, 1.807) is 21.6 Å². The number of piperidine rings is 1. The second-order valence-electron chi connectivity index (χ2n) is 11.7. The van der Waals surface area contributed by atoms with E-state index in [1.165, 1.54) is 11.8 Å². The van der Waals surface area contributed by atoms with Gasteiger partial charge in [0.15, 0.2) is 0 Å². The molecule has 4 rings (SSSR count). The molecule has 2 aliphatic heterocycles. The third-order valence-corrected chi connectivity index (χ3v) is 9.20. The molecule has 8 nitrogen and oxygen atoms in total. The quantitative estimate of drug-likeness (QED) is 0.164. The van der Waals surface area contributed by atoms with Gasteiger partial charge in [-0.3, -0.25) is 23.7 Å². The van der Waals surface area contributed by atoms with Crippen molar-refractivity contribution >= 4 is 57.7 Å². The third-order valence-electron chi connectivity index (χ3n) is 7.83. The van der Waals surface area contributed by atoms with Crippen LogP contribution in [0.3, 0.4) is 0 Å². The van der Waals surface area contributed by atoms with Crippen LogP contribution < -0.4 is 10.5 Å². The zero-order valence-electron chi connectivity index (χ0n) is 24.4. The molecule has 1 N–H and O–H groups in total. The van der Waals surface area contributed by atoms with E-state index in [9.17, 15) is 14.4 Å². The predicted molar refractivity (Wildman–Crippen MR) is 170 cm³/mol. The molecule has 1 amide bonds. The van der Waals surface area contributed by atoms with Crippen molar-refractivity contribution in [3.8, 4) is 0 Å². The van der Waals surface area contributed by atoms with E-state index in [0.717, 1.165) is 76.4 Å². The van der Waals surface area contributed by atoms with Gasteiger partial charge in [-0.25, -0.2) is 4.98 Å². The predicted octanol–water partition coefficient (Wildman–Crippen LogP) is 6.28. The number of carboxylic acid groups (broad SMARTS) is 1. The minimum absolute atomic E-state index is 0.140. The number of carboxylic acids is 1. The first-order valence-electron chi connectivity index (χ1n) is 14.9. The summed E-state index contributed by atoms with van der Waals surface area (Å²) in [6, 6.07) is 3.83. The van der Waals surface area contributed by atoms with Gasteiger partial charge in [0.2, 0.25) is 0 Å². The summed E-state index contributed by atoms with van der Waals surface area (Å²) in [5, 5.41) is 8.71. The number of amides is 1. The lowest BCUT2D eigenvalue weighted by Gasteiger charge is -2.36. The van der Waals surface area contributed by atoms with Crippen LogP contribution in [-0.2, 0) is 9.59 Å². The number of aromatic nitrogens is 2. The molecule has 41 heavy (non-hydrogen) atoms. The highest BCUT2D eigenvalue weighted by molar-refractivity contribution is 8.26. The van der Waals surface area contributed by atoms with Gasteiger partial charge in [0, 0.05) is 32.3 Å². The van der Waals surface area contributed by atoms with E-state index in [-0.39, 0.29) is 17.9 Å². The van der Waals surface area contributed by atoms with Crippen LogP contribution in [-0.4, -0.2) is 55.2 Å². The monoisotopic (exact) mass is 598 g/mol. The largest absolute Gasteiger partial charge is 0.481 e. The van der Waals surface area contributed by atoms with Gasteiger partial charge in [-0.15, -0.1) is 0 Å². The maximum Gasteiger partial charge on any atom is 0.303 e. The zero-order valence-corrected chi connectivity index (χ0v) is 26.1. The molecule has 2 aromatic rings. The molecule has 4 heterocycles. The number of anilines is 1. The van der Waals surface area contributed by atoms with E-state index in [2.05, 4.69) is 18.7 Å². The van der Waals surface area contributed by atoms with E-state index in [1.807, 2.05) is 19.1 Å². The van der Waals surface area contributed by atoms with Crippen LogP contribution in [0.4, 0.5) is 5.82 Å². The Labute approximate surface area is 252 Å². The highest BCUT2D eigenvalue weighted by atomic mass is 32.2. The molecule has 2 unspecified atom stereocenters. The van der Waals surface area contributed by atoms with Crippen molar-refractivity contribution in [2.45, 2.75) is 85.0 Å².